The molecule has 0 radical (unpaired) electrons. The average molecular weight is 355 g/mol. The summed E-state index contributed by atoms with van der Waals surface area (Å²) in [4.78, 5) is 14.1. The van der Waals surface area contributed by atoms with Crippen molar-refractivity contribution in [1.82, 2.24) is 0 Å². The Balaban J connectivity index is 0.00000200. The number of nitrogens with zero attached hydrogens (tertiary/aromatic N) is 1. The molecular weight excluding hydrogens is 333 g/mol. The summed E-state index contributed by atoms with van der Waals surface area (Å²) in [5, 5.41) is 3.61. The van der Waals surface area contributed by atoms with Gasteiger partial charge in [-0.05, 0) is 31.4 Å². The molecule has 0 aromatic heterocycles. The number of hydrogen-bond acceptors (Lipinski definition) is 3. The highest BCUT2D eigenvalue weighted by Crippen LogP contribution is 2.33. The van der Waals surface area contributed by atoms with Gasteiger partial charge in [0.25, 0.3) is 0 Å². The second kappa shape index (κ2) is 8.69. The van der Waals surface area contributed by atoms with Gasteiger partial charge in [-0.1, -0.05) is 17.7 Å². The summed E-state index contributed by atoms with van der Waals surface area (Å²) in [6, 6.07) is 5.68. The molecule has 1 aromatic rings. The molecule has 120 valence electrons. The van der Waals surface area contributed by atoms with Crippen LogP contribution in [0.5, 0.6) is 0 Å². The van der Waals surface area contributed by atoms with Crippen LogP contribution in [0.15, 0.2) is 18.2 Å². The minimum Gasteiger partial charge on any atom is -0.375 e. The zero-order chi connectivity index (χ0) is 14.0. The number of carbonyl (C=O) groups is 1. The monoisotopic (exact) mass is 353 g/mol. The Hall–Kier alpha value is -0.680. The van der Waals surface area contributed by atoms with Gasteiger partial charge in [0.1, 0.15) is 0 Å². The molecule has 3 N–H and O–H groups in total. The lowest BCUT2D eigenvalue weighted by Gasteiger charge is -2.20. The van der Waals surface area contributed by atoms with Crippen LogP contribution in [-0.4, -0.2) is 26.0 Å². The lowest BCUT2D eigenvalue weighted by molar-refractivity contribution is -0.119. The van der Waals surface area contributed by atoms with Gasteiger partial charge in [-0.25, -0.2) is 0 Å². The van der Waals surface area contributed by atoms with E-state index in [1.165, 1.54) is 0 Å². The second-order valence-electron chi connectivity index (χ2n) is 5.29. The molecule has 4 nitrogen and oxygen atoms in total. The average Bonchev–Trinajstić information content (AvgIpc) is 2.75. The van der Waals surface area contributed by atoms with Gasteiger partial charge in [-0.3, -0.25) is 4.79 Å². The van der Waals surface area contributed by atoms with Crippen molar-refractivity contribution in [3.05, 3.63) is 23.2 Å². The van der Waals surface area contributed by atoms with Crippen molar-refractivity contribution in [1.29, 1.82) is 0 Å². The van der Waals surface area contributed by atoms with E-state index in [0.717, 1.165) is 30.6 Å². The third-order valence-corrected chi connectivity index (χ3v) is 3.84. The number of anilines is 2. The molecule has 1 aliphatic carbocycles. The first kappa shape index (κ1) is 20.3. The maximum atomic E-state index is 12.2. The molecule has 1 amide bonds. The minimum atomic E-state index is 0. The lowest BCUT2D eigenvalue weighted by atomic mass is 10.1. The molecule has 2 unspecified atom stereocenters. The van der Waals surface area contributed by atoms with E-state index in [9.17, 15) is 4.79 Å². The van der Waals surface area contributed by atoms with Gasteiger partial charge >= 0.3 is 0 Å². The Morgan fingerprint density at radius 1 is 1.33 bits per heavy atom. The number of nitrogens with two attached hydrogens (primary N) is 1. The van der Waals surface area contributed by atoms with Gasteiger partial charge in [0.15, 0.2) is 0 Å². The van der Waals surface area contributed by atoms with E-state index < -0.39 is 0 Å². The Kier molecular flexibility index (Phi) is 8.41. The van der Waals surface area contributed by atoms with E-state index in [4.69, 9.17) is 17.3 Å². The van der Waals surface area contributed by atoms with Crippen LogP contribution in [0, 0.1) is 5.92 Å². The molecule has 0 aliphatic heterocycles. The number of benzene rings is 1. The zero-order valence-electron chi connectivity index (χ0n) is 12.1. The summed E-state index contributed by atoms with van der Waals surface area (Å²) >= 11 is 6.18. The van der Waals surface area contributed by atoms with Gasteiger partial charge in [-0.2, -0.15) is 0 Å². The highest BCUT2D eigenvalue weighted by Gasteiger charge is 2.28. The molecule has 0 heterocycles. The Morgan fingerprint density at radius 2 is 2.00 bits per heavy atom. The number of halogens is 3. The van der Waals surface area contributed by atoms with Crippen molar-refractivity contribution >= 4 is 53.7 Å². The van der Waals surface area contributed by atoms with Crippen molar-refractivity contribution in [2.24, 2.45) is 11.7 Å². The number of carbonyl (C=O) groups excluding carboxylic acids is 1. The standard InChI is InChI=1S/C14H20ClN3O.2ClH/c1-18(2)13-11(15)4-3-5-12(13)17-14(19)9-6-7-10(16)8-9;;/h3-5,9-10H,6-8,16H2,1-2H3,(H,17,19);2*1H. The summed E-state index contributed by atoms with van der Waals surface area (Å²) < 4.78 is 0. The fourth-order valence-electron chi connectivity index (χ4n) is 2.56. The minimum absolute atomic E-state index is 0. The summed E-state index contributed by atoms with van der Waals surface area (Å²) in [5.41, 5.74) is 7.44. The Morgan fingerprint density at radius 3 is 2.52 bits per heavy atom. The molecular formula is C14H22Cl3N3O. The van der Waals surface area contributed by atoms with Crippen LogP contribution in [0.25, 0.3) is 0 Å². The van der Waals surface area contributed by atoms with E-state index in [2.05, 4.69) is 5.32 Å². The molecule has 7 heteroatoms. The van der Waals surface area contributed by atoms with Gasteiger partial charge in [0, 0.05) is 26.1 Å². The highest BCUT2D eigenvalue weighted by atomic mass is 35.5. The van der Waals surface area contributed by atoms with Crippen LogP contribution >= 0.6 is 36.4 Å². The second-order valence-corrected chi connectivity index (χ2v) is 5.70. The molecule has 0 spiro atoms. The number of para-hydroxylation sites is 1. The molecule has 1 aromatic carbocycles. The molecule has 1 fully saturated rings. The van der Waals surface area contributed by atoms with E-state index in [1.54, 1.807) is 0 Å². The van der Waals surface area contributed by atoms with Crippen LogP contribution in [0.2, 0.25) is 5.02 Å². The van der Waals surface area contributed by atoms with Crippen LogP contribution in [0.4, 0.5) is 11.4 Å². The molecule has 1 aliphatic rings. The lowest BCUT2D eigenvalue weighted by Crippen LogP contribution is -2.24. The quantitative estimate of drug-likeness (QED) is 0.875. The summed E-state index contributed by atoms with van der Waals surface area (Å²) in [6.45, 7) is 0. The van der Waals surface area contributed by atoms with E-state index in [1.807, 2.05) is 37.2 Å². The van der Waals surface area contributed by atoms with Gasteiger partial charge in [0.05, 0.1) is 16.4 Å². The number of amides is 1. The smallest absolute Gasteiger partial charge is 0.227 e. The summed E-state index contributed by atoms with van der Waals surface area (Å²) in [7, 11) is 3.81. The molecule has 21 heavy (non-hydrogen) atoms. The van der Waals surface area contributed by atoms with Gasteiger partial charge < -0.3 is 16.0 Å². The largest absolute Gasteiger partial charge is 0.375 e. The van der Waals surface area contributed by atoms with Crippen LogP contribution in [-0.2, 0) is 4.79 Å². The highest BCUT2D eigenvalue weighted by molar-refractivity contribution is 6.34. The first-order valence-electron chi connectivity index (χ1n) is 6.51. The number of rotatable bonds is 3. The van der Waals surface area contributed by atoms with Crippen molar-refractivity contribution in [2.45, 2.75) is 25.3 Å². The normalized spacial score (nSPS) is 20.2. The van der Waals surface area contributed by atoms with Crippen molar-refractivity contribution < 1.29 is 4.79 Å². The van der Waals surface area contributed by atoms with Crippen molar-refractivity contribution in [3.8, 4) is 0 Å². The fraction of sp³-hybridized carbons (Fsp3) is 0.500. The summed E-state index contributed by atoms with van der Waals surface area (Å²) in [6.07, 6.45) is 2.56. The Bertz CT molecular complexity index is 483. The molecule has 0 saturated heterocycles. The first-order valence-corrected chi connectivity index (χ1v) is 6.89. The maximum Gasteiger partial charge on any atom is 0.227 e. The van der Waals surface area contributed by atoms with Crippen molar-refractivity contribution in [3.63, 3.8) is 0 Å². The molecule has 2 rings (SSSR count). The third-order valence-electron chi connectivity index (χ3n) is 3.54. The Labute approximate surface area is 143 Å². The first-order chi connectivity index (χ1) is 8.99. The van der Waals surface area contributed by atoms with Crippen molar-refractivity contribution in [2.75, 3.05) is 24.3 Å². The van der Waals surface area contributed by atoms with E-state index in [0.29, 0.717) is 5.02 Å². The van der Waals surface area contributed by atoms with E-state index >= 15 is 0 Å². The topological polar surface area (TPSA) is 58.4 Å². The van der Waals surface area contributed by atoms with Gasteiger partial charge in [-0.15, -0.1) is 24.8 Å². The predicted octanol–water partition coefficient (Wildman–Crippen LogP) is 3.32. The zero-order valence-corrected chi connectivity index (χ0v) is 14.5. The van der Waals surface area contributed by atoms with Crippen LogP contribution < -0.4 is 16.0 Å². The molecule has 2 atom stereocenters. The SMILES string of the molecule is CN(C)c1c(Cl)cccc1NC(=O)C1CCC(N)C1.Cl.Cl. The molecule has 1 saturated carbocycles. The predicted molar refractivity (Wildman–Crippen MR) is 94.2 cm³/mol. The van der Waals surface area contributed by atoms with Gasteiger partial charge in [0.2, 0.25) is 5.91 Å². The maximum absolute atomic E-state index is 12.2. The third kappa shape index (κ3) is 4.92. The number of nitrogens with one attached hydrogen (secondary N) is 1. The van der Waals surface area contributed by atoms with E-state index in [-0.39, 0.29) is 42.7 Å². The van der Waals surface area contributed by atoms with Crippen LogP contribution in [0.1, 0.15) is 19.3 Å². The summed E-state index contributed by atoms with van der Waals surface area (Å²) in [5.74, 6) is 0.0577. The number of hydrogen-bond donors (Lipinski definition) is 2. The fourth-order valence-corrected chi connectivity index (χ4v) is 2.90. The molecule has 0 bridgehead atoms. The van der Waals surface area contributed by atoms with Crippen LogP contribution in [0.3, 0.4) is 0 Å².